The van der Waals surface area contributed by atoms with Crippen LogP contribution < -0.4 is 9.46 Å². The van der Waals surface area contributed by atoms with E-state index in [1.807, 2.05) is 6.07 Å². The lowest BCUT2D eigenvalue weighted by atomic mass is 10.2. The number of nitrogens with one attached hydrogen (secondary N) is 1. The number of para-hydroxylation sites is 1. The average molecular weight is 429 g/mol. The maximum atomic E-state index is 12.5. The summed E-state index contributed by atoms with van der Waals surface area (Å²) in [6.07, 6.45) is -1.43. The molecule has 1 N–H and O–H groups in total. The number of ether oxygens (including phenoxy) is 1. The second-order valence-corrected chi connectivity index (χ2v) is 9.40. The molecule has 2 aromatic carbocycles. The zero-order valence-electron chi connectivity index (χ0n) is 12.3. The van der Waals surface area contributed by atoms with Gasteiger partial charge in [-0.15, -0.1) is 0 Å². The van der Waals surface area contributed by atoms with Gasteiger partial charge in [-0.3, -0.25) is 0 Å². The summed E-state index contributed by atoms with van der Waals surface area (Å²) >= 11 is 23.4. The molecule has 0 radical (unpaired) electrons. The molecule has 2 rings (SSSR count). The molecule has 0 saturated heterocycles. The fourth-order valence-electron chi connectivity index (χ4n) is 1.80. The SMILES string of the molecule is Cc1ccccc1OC(NS(=O)(=O)c1ccc(Cl)cc1)C(Cl)(Cl)Cl. The van der Waals surface area contributed by atoms with E-state index in [1.165, 1.54) is 24.3 Å². The fraction of sp³-hybridized carbons (Fsp3) is 0.200. The Morgan fingerprint density at radius 2 is 1.62 bits per heavy atom. The van der Waals surface area contributed by atoms with E-state index in [2.05, 4.69) is 4.72 Å². The van der Waals surface area contributed by atoms with Gasteiger partial charge in [0.15, 0.2) is 0 Å². The number of hydrogen-bond acceptors (Lipinski definition) is 3. The van der Waals surface area contributed by atoms with Crippen LogP contribution in [0, 0.1) is 6.92 Å². The van der Waals surface area contributed by atoms with Gasteiger partial charge in [-0.25, -0.2) is 8.42 Å². The number of sulfonamides is 1. The predicted molar refractivity (Wildman–Crippen MR) is 97.7 cm³/mol. The van der Waals surface area contributed by atoms with Crippen LogP contribution in [-0.4, -0.2) is 18.4 Å². The molecule has 0 aliphatic rings. The Kier molecular flexibility index (Phi) is 6.29. The third-order valence-corrected chi connectivity index (χ3v) is 5.29. The smallest absolute Gasteiger partial charge is 0.243 e. The quantitative estimate of drug-likeness (QED) is 0.554. The minimum Gasteiger partial charge on any atom is -0.469 e. The van der Waals surface area contributed by atoms with Crippen molar-refractivity contribution in [2.24, 2.45) is 0 Å². The highest BCUT2D eigenvalue weighted by Crippen LogP contribution is 2.33. The lowest BCUT2D eigenvalue weighted by molar-refractivity contribution is 0.193. The van der Waals surface area contributed by atoms with Crippen molar-refractivity contribution < 1.29 is 13.2 Å². The molecular formula is C15H13Cl4NO3S. The van der Waals surface area contributed by atoms with E-state index in [1.54, 1.807) is 25.1 Å². The number of benzene rings is 2. The molecule has 0 spiro atoms. The van der Waals surface area contributed by atoms with Gasteiger partial charge in [0.1, 0.15) is 5.75 Å². The zero-order chi connectivity index (χ0) is 18.0. The van der Waals surface area contributed by atoms with Gasteiger partial charge in [0.25, 0.3) is 0 Å². The molecule has 0 aliphatic carbocycles. The molecule has 4 nitrogen and oxygen atoms in total. The highest BCUT2D eigenvalue weighted by molar-refractivity contribution is 7.89. The molecule has 9 heteroatoms. The zero-order valence-corrected chi connectivity index (χ0v) is 16.2. The first-order valence-corrected chi connectivity index (χ1v) is 9.66. The summed E-state index contributed by atoms with van der Waals surface area (Å²) in [6, 6.07) is 12.6. The molecule has 0 bridgehead atoms. The Bertz CT molecular complexity index is 804. The average Bonchev–Trinajstić information content (AvgIpc) is 2.48. The van der Waals surface area contributed by atoms with Crippen molar-refractivity contribution in [3.05, 3.63) is 59.1 Å². The third kappa shape index (κ3) is 5.15. The van der Waals surface area contributed by atoms with Crippen LogP contribution in [0.15, 0.2) is 53.4 Å². The van der Waals surface area contributed by atoms with E-state index >= 15 is 0 Å². The molecule has 2 aromatic rings. The van der Waals surface area contributed by atoms with Gasteiger partial charge in [-0.05, 0) is 42.8 Å². The van der Waals surface area contributed by atoms with E-state index in [4.69, 9.17) is 51.1 Å². The van der Waals surface area contributed by atoms with Crippen molar-refractivity contribution in [3.8, 4) is 5.75 Å². The van der Waals surface area contributed by atoms with E-state index in [0.717, 1.165) is 5.56 Å². The molecule has 0 aromatic heterocycles. The highest BCUT2D eigenvalue weighted by Gasteiger charge is 2.38. The lowest BCUT2D eigenvalue weighted by Gasteiger charge is -2.26. The predicted octanol–water partition coefficient (Wildman–Crippen LogP) is 4.70. The topological polar surface area (TPSA) is 55.4 Å². The van der Waals surface area contributed by atoms with Gasteiger partial charge in [-0.2, -0.15) is 4.72 Å². The molecule has 130 valence electrons. The van der Waals surface area contributed by atoms with Gasteiger partial charge in [0.2, 0.25) is 20.0 Å². The third-order valence-electron chi connectivity index (χ3n) is 3.02. The Labute approximate surface area is 160 Å². The minimum atomic E-state index is -3.98. The Balaban J connectivity index is 2.29. The first-order chi connectivity index (χ1) is 11.1. The summed E-state index contributed by atoms with van der Waals surface area (Å²) in [5.41, 5.74) is 0.766. The molecule has 0 saturated carbocycles. The van der Waals surface area contributed by atoms with Gasteiger partial charge >= 0.3 is 0 Å². The Hall–Kier alpha value is -0.690. The van der Waals surface area contributed by atoms with Crippen LogP contribution in [-0.2, 0) is 10.0 Å². The van der Waals surface area contributed by atoms with Gasteiger partial charge in [0, 0.05) is 5.02 Å². The summed E-state index contributed by atoms with van der Waals surface area (Å²) in [5.74, 6) is 0.396. The molecule has 0 heterocycles. The summed E-state index contributed by atoms with van der Waals surface area (Å²) in [4.78, 5) is -0.0282. The first-order valence-electron chi connectivity index (χ1n) is 6.66. The molecule has 0 amide bonds. The molecule has 1 atom stereocenters. The van der Waals surface area contributed by atoms with Crippen molar-refractivity contribution >= 4 is 56.4 Å². The van der Waals surface area contributed by atoms with Crippen LogP contribution in [0.4, 0.5) is 0 Å². The fourth-order valence-corrected chi connectivity index (χ4v) is 3.55. The molecule has 24 heavy (non-hydrogen) atoms. The van der Waals surface area contributed by atoms with Crippen LogP contribution in [0.1, 0.15) is 5.56 Å². The normalized spacial score (nSPS) is 13.5. The largest absolute Gasteiger partial charge is 0.469 e. The molecule has 0 aliphatic heterocycles. The van der Waals surface area contributed by atoms with Crippen LogP contribution in [0.2, 0.25) is 5.02 Å². The second-order valence-electron chi connectivity index (χ2n) is 4.88. The van der Waals surface area contributed by atoms with Crippen LogP contribution in [0.5, 0.6) is 5.75 Å². The molecule has 1 unspecified atom stereocenters. The maximum Gasteiger partial charge on any atom is 0.243 e. The molecule has 0 fully saturated rings. The van der Waals surface area contributed by atoms with Gasteiger partial charge in [-0.1, -0.05) is 64.6 Å². The summed E-state index contributed by atoms with van der Waals surface area (Å²) in [6.45, 7) is 1.79. The van der Waals surface area contributed by atoms with Crippen molar-refractivity contribution in [1.82, 2.24) is 4.72 Å². The second kappa shape index (κ2) is 7.68. The van der Waals surface area contributed by atoms with Gasteiger partial charge < -0.3 is 4.74 Å². The first kappa shape index (κ1) is 19.6. The van der Waals surface area contributed by atoms with Crippen molar-refractivity contribution in [2.45, 2.75) is 21.8 Å². The van der Waals surface area contributed by atoms with Crippen molar-refractivity contribution in [2.75, 3.05) is 0 Å². The van der Waals surface area contributed by atoms with E-state index in [9.17, 15) is 8.42 Å². The Morgan fingerprint density at radius 3 is 2.17 bits per heavy atom. The minimum absolute atomic E-state index is 0.0282. The highest BCUT2D eigenvalue weighted by atomic mass is 35.6. The maximum absolute atomic E-state index is 12.5. The summed E-state index contributed by atoms with van der Waals surface area (Å²) in [7, 11) is -3.98. The van der Waals surface area contributed by atoms with Crippen LogP contribution in [0.25, 0.3) is 0 Å². The monoisotopic (exact) mass is 427 g/mol. The van der Waals surface area contributed by atoms with E-state index in [0.29, 0.717) is 10.8 Å². The van der Waals surface area contributed by atoms with E-state index in [-0.39, 0.29) is 4.90 Å². The number of rotatable bonds is 5. The number of halogens is 4. The Morgan fingerprint density at radius 1 is 1.04 bits per heavy atom. The van der Waals surface area contributed by atoms with Crippen LogP contribution in [0.3, 0.4) is 0 Å². The van der Waals surface area contributed by atoms with E-state index < -0.39 is 20.0 Å². The van der Waals surface area contributed by atoms with Crippen LogP contribution >= 0.6 is 46.4 Å². The standard InChI is InChI=1S/C15H13Cl4NO3S/c1-10-4-2-3-5-13(10)23-14(15(17,18)19)20-24(21,22)12-8-6-11(16)7-9-12/h2-9,14,20H,1H3. The lowest BCUT2D eigenvalue weighted by Crippen LogP contribution is -2.47. The van der Waals surface area contributed by atoms with Crippen molar-refractivity contribution in [3.63, 3.8) is 0 Å². The molecular weight excluding hydrogens is 416 g/mol. The summed E-state index contributed by atoms with van der Waals surface area (Å²) < 4.78 is 30.7. The number of hydrogen-bond donors (Lipinski definition) is 1. The van der Waals surface area contributed by atoms with Gasteiger partial charge in [0.05, 0.1) is 4.90 Å². The number of alkyl halides is 3. The summed E-state index contributed by atoms with van der Waals surface area (Å²) in [5, 5.41) is 0.406. The number of aryl methyl sites for hydroxylation is 1. The van der Waals surface area contributed by atoms with Crippen molar-refractivity contribution in [1.29, 1.82) is 0 Å².